The summed E-state index contributed by atoms with van der Waals surface area (Å²) in [6, 6.07) is 0.688. The molecule has 2 aliphatic carbocycles. The molecule has 84 heavy (non-hydrogen) atoms. The molecule has 0 aromatic heterocycles. The van der Waals surface area contributed by atoms with E-state index in [1.807, 2.05) is 22.6 Å². The van der Waals surface area contributed by atoms with Crippen LogP contribution in [-0.4, -0.2) is 158 Å². The Balaban J connectivity index is -0.000000386. The maximum atomic E-state index is 11.2. The van der Waals surface area contributed by atoms with Gasteiger partial charge in [-0.25, -0.2) is 4.79 Å². The summed E-state index contributed by atoms with van der Waals surface area (Å²) in [5, 5.41) is 5.96. The smallest absolute Gasteiger partial charge is 0.407 e. The second-order valence-electron chi connectivity index (χ2n) is 23.5. The Kier molecular flexibility index (Phi) is 66.3. The molecule has 2 fully saturated rings. The Morgan fingerprint density at radius 1 is 0.548 bits per heavy atom. The number of nitrogens with one attached hydrogen (secondary N) is 2. The van der Waals surface area contributed by atoms with Crippen LogP contribution in [-0.2, 0) is 38.0 Å². The summed E-state index contributed by atoms with van der Waals surface area (Å²) < 4.78 is 50.8. The quantitative estimate of drug-likeness (QED) is 0.0155. The number of rotatable bonds is 38. The Bertz CT molecular complexity index is 1830. The summed E-state index contributed by atoms with van der Waals surface area (Å²) in [7, 11) is 15.1. The van der Waals surface area contributed by atoms with E-state index in [2.05, 4.69) is 132 Å². The maximum absolute atomic E-state index is 11.2. The number of alkyl carbamates (subject to hydrolysis) is 1. The standard InChI is InChI=1S/C33H70NO5.C17H30N2O3.C12H6.C6H14O.CH3I.BH.BrH/c1-9-11-12-13-14-15-16-17-18-19-22-34(5,6)23-20-21-24-37-30-33(4,27-36-8)31-39-29-32(3,10-2)28-38-26-25-35-7;1-12(20)18-15-7-3-13(4-8-15)11-14-5-9-16(10-6-14)19-17(21)22-2;1-3-5-7-9-11-12-10-8-6-4-2;1-3-4-5-6-7-2;1-2;;/h9-31H2,1-8H3;13-16H,3-11H2,1-2H3,(H,18,20)(H,19,21);1-2H3;3-6H2,1-2H3;1H3;2*1H/q+1;;;;;;/p-1/i;;;;2*1D;. The molecule has 0 aromatic rings. The fourth-order valence-electron chi connectivity index (χ4n) is 9.80. The van der Waals surface area contributed by atoms with Gasteiger partial charge in [0.25, 0.3) is 0 Å². The molecular weight excluding hydrogens is 1230 g/mol. The van der Waals surface area contributed by atoms with E-state index >= 15 is 0 Å². The summed E-state index contributed by atoms with van der Waals surface area (Å²) in [4.78, 5) is 22.8. The van der Waals surface area contributed by atoms with Crippen LogP contribution in [0.3, 0.4) is 0 Å². The number of carbonyl (C=O) groups is 2. The number of hydrogen-bond acceptors (Lipinski definition) is 9. The molecule has 0 saturated heterocycles. The molecule has 0 spiro atoms. The molecular formula is C69H124BBrIN3O9. The van der Waals surface area contributed by atoms with E-state index in [1.54, 1.807) is 42.1 Å². The maximum Gasteiger partial charge on any atom is 0.407 e. The van der Waals surface area contributed by atoms with Gasteiger partial charge in [0.1, 0.15) is 0 Å². The lowest BCUT2D eigenvalue weighted by Gasteiger charge is -2.34. The van der Waals surface area contributed by atoms with Crippen LogP contribution >= 0.6 is 22.6 Å². The topological polar surface area (TPSA) is 123 Å². The lowest BCUT2D eigenvalue weighted by atomic mass is 9.75. The summed E-state index contributed by atoms with van der Waals surface area (Å²) in [6.07, 6.45) is 31.5. The fraction of sp³-hybridized carbons (Fsp3) is 0.826. The van der Waals surface area contributed by atoms with Gasteiger partial charge in [0.15, 0.2) is 0 Å². The number of carbonyl (C=O) groups excluding carboxylic acids is 2. The number of unbranched alkanes of at least 4 members (excludes halogenated alkanes) is 12. The molecule has 2 unspecified atom stereocenters. The van der Waals surface area contributed by atoms with Crippen molar-refractivity contribution in [1.82, 2.24) is 10.6 Å². The second kappa shape index (κ2) is 65.0. The number of amides is 2. The predicted octanol–water partition coefficient (Wildman–Crippen LogP) is 10.8. The van der Waals surface area contributed by atoms with Gasteiger partial charge in [0.2, 0.25) is 5.91 Å². The van der Waals surface area contributed by atoms with E-state index in [4.69, 9.17) is 31.1 Å². The molecule has 2 saturated carbocycles. The van der Waals surface area contributed by atoms with Gasteiger partial charge < -0.3 is 65.3 Å². The monoisotopic (exact) mass is 1360 g/mol. The van der Waals surface area contributed by atoms with Crippen molar-refractivity contribution >= 4 is 43.0 Å². The van der Waals surface area contributed by atoms with Crippen molar-refractivity contribution in [2.45, 2.75) is 228 Å². The molecule has 0 heterocycles. The van der Waals surface area contributed by atoms with Gasteiger partial charge in [-0.1, -0.05) is 133 Å². The van der Waals surface area contributed by atoms with Gasteiger partial charge >= 0.3 is 6.09 Å². The van der Waals surface area contributed by atoms with Crippen molar-refractivity contribution in [2.75, 3.05) is 120 Å². The fourth-order valence-corrected chi connectivity index (χ4v) is 9.80. The number of quaternary nitrogens is 1. The van der Waals surface area contributed by atoms with Crippen molar-refractivity contribution in [1.29, 1.82) is 1.34 Å². The minimum absolute atomic E-state index is 0. The first-order valence-corrected chi connectivity index (χ1v) is 32.8. The largest absolute Gasteiger partial charge is 1.00 e. The van der Waals surface area contributed by atoms with E-state index < -0.39 is 0 Å². The van der Waals surface area contributed by atoms with E-state index in [9.17, 15) is 9.59 Å². The average molecular weight is 1360 g/mol. The van der Waals surface area contributed by atoms with Gasteiger partial charge in [0, 0.05) is 74.1 Å². The molecule has 0 bridgehead atoms. The van der Waals surface area contributed by atoms with Crippen molar-refractivity contribution < 1.29 is 65.6 Å². The second-order valence-corrected chi connectivity index (χ2v) is 23.5. The normalized spacial score (nSPS) is 17.2. The van der Waals surface area contributed by atoms with Crippen LogP contribution < -0.4 is 27.6 Å². The first-order valence-electron chi connectivity index (χ1n) is 32.6. The van der Waals surface area contributed by atoms with Crippen molar-refractivity contribution in [3.63, 3.8) is 0 Å². The zero-order chi connectivity index (χ0) is 64.6. The molecule has 0 aliphatic heterocycles. The molecule has 12 nitrogen and oxygen atoms in total. The Morgan fingerprint density at radius 3 is 1.38 bits per heavy atom. The summed E-state index contributed by atoms with van der Waals surface area (Å²) in [5.74, 6) is 27.3. The molecule has 2 rings (SSSR count). The lowest BCUT2D eigenvalue weighted by molar-refractivity contribution is -0.890. The number of hydrogen-bond donors (Lipinski definition) is 2. The van der Waals surface area contributed by atoms with Crippen LogP contribution in [0, 0.1) is 81.9 Å². The number of alkyl halides is 1. The van der Waals surface area contributed by atoms with Crippen molar-refractivity contribution in [3.8, 4) is 59.2 Å². The number of halogens is 2. The highest BCUT2D eigenvalue weighted by Crippen LogP contribution is 2.35. The molecule has 2 aliphatic rings. The Morgan fingerprint density at radius 2 is 0.940 bits per heavy atom. The molecule has 2 amide bonds. The van der Waals surface area contributed by atoms with E-state index in [0.717, 1.165) is 68.1 Å². The third-order valence-corrected chi connectivity index (χ3v) is 14.9. The molecule has 486 valence electrons. The SMILES string of the molecule is CC#CC#CC#CC#CC#CC.CCCCCCCCCCCC[N+](C)(C)CCCCOCC(C)(COC)COCC(C)(CC)COCCOC.CCCCCOC.COC(=O)NC1CCC(CC2CCC(NC(C)=O)CC2)CC1.[2H]CI.[2H][B].[Br-]. The number of methoxy groups -OCH3 is 4. The van der Waals surface area contributed by atoms with Crippen molar-refractivity contribution in [2.24, 2.45) is 22.7 Å². The summed E-state index contributed by atoms with van der Waals surface area (Å²) in [5.41, 5.74) is -0.146. The van der Waals surface area contributed by atoms with Gasteiger partial charge in [-0.2, -0.15) is 0 Å². The highest BCUT2D eigenvalue weighted by atomic mass is 127. The zero-order valence-corrected chi connectivity index (χ0v) is 59.7. The summed E-state index contributed by atoms with van der Waals surface area (Å²) in [6.45, 7) is 24.9. The van der Waals surface area contributed by atoms with E-state index in [1.165, 1.54) is 142 Å². The Labute approximate surface area is 547 Å². The highest BCUT2D eigenvalue weighted by Gasteiger charge is 2.30. The van der Waals surface area contributed by atoms with E-state index in [0.29, 0.717) is 63.2 Å². The molecule has 2 atom stereocenters. The van der Waals surface area contributed by atoms with Gasteiger partial charge in [-0.3, -0.25) is 4.79 Å². The van der Waals surface area contributed by atoms with Crippen LogP contribution in [0.5, 0.6) is 0 Å². The molecule has 2 N–H and O–H groups in total. The molecule has 2 radical (unpaired) electrons. The number of ether oxygens (including phenoxy) is 7. The summed E-state index contributed by atoms with van der Waals surface area (Å²) >= 11 is 1.96. The third-order valence-electron chi connectivity index (χ3n) is 14.9. The Hall–Kier alpha value is -2.47. The highest BCUT2D eigenvalue weighted by molar-refractivity contribution is 14.1. The number of nitrogens with zero attached hydrogens (tertiary/aromatic N) is 1. The first-order chi connectivity index (χ1) is 41.0. The molecule has 0 aromatic carbocycles. The minimum Gasteiger partial charge on any atom is -1.00 e. The van der Waals surface area contributed by atoms with Gasteiger partial charge in [-0.15, -0.1) is 0 Å². The first kappa shape index (κ1) is 85.7. The third kappa shape index (κ3) is 59.8. The van der Waals surface area contributed by atoms with Crippen LogP contribution in [0.4, 0.5) is 4.79 Å². The van der Waals surface area contributed by atoms with Gasteiger partial charge in [0.05, 0.1) is 80.5 Å². The minimum atomic E-state index is -0.306. The van der Waals surface area contributed by atoms with Crippen LogP contribution in [0.15, 0.2) is 0 Å². The predicted molar refractivity (Wildman–Crippen MR) is 360 cm³/mol. The van der Waals surface area contributed by atoms with Gasteiger partial charge in [-0.05, 0) is 176 Å². The van der Waals surface area contributed by atoms with Crippen LogP contribution in [0.1, 0.15) is 217 Å². The average Bonchev–Trinajstić information content (AvgIpc) is 3.70. The zero-order valence-electron chi connectivity index (χ0n) is 57.9. The molecule has 15 heteroatoms. The van der Waals surface area contributed by atoms with Crippen LogP contribution in [0.25, 0.3) is 0 Å². The van der Waals surface area contributed by atoms with Crippen LogP contribution in [0.2, 0.25) is 0 Å². The van der Waals surface area contributed by atoms with Crippen molar-refractivity contribution in [3.05, 3.63) is 0 Å². The van der Waals surface area contributed by atoms with E-state index in [-0.39, 0.29) is 39.8 Å². The lowest BCUT2D eigenvalue weighted by Crippen LogP contribution is -3.00.